The number of rotatable bonds is 4. The molecule has 1 atom stereocenters. The molecule has 5 heteroatoms. The van der Waals surface area contributed by atoms with Gasteiger partial charge in [0.2, 0.25) is 0 Å². The van der Waals surface area contributed by atoms with Crippen molar-refractivity contribution in [2.75, 3.05) is 0 Å². The van der Waals surface area contributed by atoms with Crippen molar-refractivity contribution in [3.63, 3.8) is 0 Å². The van der Waals surface area contributed by atoms with Crippen molar-refractivity contribution < 1.29 is 8.78 Å². The standard InChI is InChI=1S/C18H15F2N3/c19-15-2-1-3-16(20)14(15)10-17(21)18-5-4-13(11-23-18)12-6-8-22-9-7-12/h1-9,11,17H,10,21H2. The minimum Gasteiger partial charge on any atom is -0.322 e. The second kappa shape index (κ2) is 6.62. The molecule has 0 radical (unpaired) electrons. The first-order valence-electron chi connectivity index (χ1n) is 7.20. The Kier molecular flexibility index (Phi) is 4.39. The summed E-state index contributed by atoms with van der Waals surface area (Å²) < 4.78 is 27.4. The van der Waals surface area contributed by atoms with Crippen LogP contribution in [0.25, 0.3) is 11.1 Å². The molecule has 0 fully saturated rings. The molecular formula is C18H15F2N3. The van der Waals surface area contributed by atoms with Gasteiger partial charge in [0, 0.05) is 29.7 Å². The second-order valence-corrected chi connectivity index (χ2v) is 5.22. The van der Waals surface area contributed by atoms with E-state index in [4.69, 9.17) is 5.73 Å². The lowest BCUT2D eigenvalue weighted by molar-refractivity contribution is 0.537. The van der Waals surface area contributed by atoms with Gasteiger partial charge in [0.25, 0.3) is 0 Å². The summed E-state index contributed by atoms with van der Waals surface area (Å²) in [5, 5.41) is 0. The van der Waals surface area contributed by atoms with E-state index in [0.717, 1.165) is 11.1 Å². The third kappa shape index (κ3) is 3.40. The lowest BCUT2D eigenvalue weighted by atomic mass is 10.0. The molecule has 0 bridgehead atoms. The van der Waals surface area contributed by atoms with Crippen LogP contribution in [-0.4, -0.2) is 9.97 Å². The Morgan fingerprint density at radius 2 is 1.61 bits per heavy atom. The van der Waals surface area contributed by atoms with Crippen molar-refractivity contribution >= 4 is 0 Å². The van der Waals surface area contributed by atoms with E-state index in [2.05, 4.69) is 9.97 Å². The average molecular weight is 311 g/mol. The average Bonchev–Trinajstić information content (AvgIpc) is 2.59. The summed E-state index contributed by atoms with van der Waals surface area (Å²) in [5.41, 5.74) is 8.55. The lowest BCUT2D eigenvalue weighted by Crippen LogP contribution is -2.16. The molecule has 0 aliphatic carbocycles. The molecule has 2 heterocycles. The molecule has 0 aliphatic rings. The summed E-state index contributed by atoms with van der Waals surface area (Å²) in [6.07, 6.45) is 5.16. The fourth-order valence-corrected chi connectivity index (χ4v) is 2.39. The van der Waals surface area contributed by atoms with Gasteiger partial charge in [-0.05, 0) is 42.3 Å². The molecule has 0 spiro atoms. The second-order valence-electron chi connectivity index (χ2n) is 5.22. The number of pyridine rings is 2. The molecule has 0 amide bonds. The topological polar surface area (TPSA) is 51.8 Å². The van der Waals surface area contributed by atoms with Crippen LogP contribution in [0.1, 0.15) is 17.3 Å². The summed E-state index contributed by atoms with van der Waals surface area (Å²) in [7, 11) is 0. The number of aromatic nitrogens is 2. The van der Waals surface area contributed by atoms with E-state index in [1.54, 1.807) is 24.7 Å². The van der Waals surface area contributed by atoms with Crippen LogP contribution in [0.4, 0.5) is 8.78 Å². The summed E-state index contributed by atoms with van der Waals surface area (Å²) in [6, 6.07) is 10.6. The van der Waals surface area contributed by atoms with E-state index in [0.29, 0.717) is 5.69 Å². The first-order valence-corrected chi connectivity index (χ1v) is 7.20. The molecule has 2 aromatic heterocycles. The first-order chi connectivity index (χ1) is 11.1. The summed E-state index contributed by atoms with van der Waals surface area (Å²) in [5.74, 6) is -1.18. The Hall–Kier alpha value is -2.66. The smallest absolute Gasteiger partial charge is 0.129 e. The normalized spacial score (nSPS) is 12.1. The number of nitrogens with two attached hydrogens (primary N) is 1. The van der Waals surface area contributed by atoms with Gasteiger partial charge < -0.3 is 5.73 Å². The molecule has 1 aromatic carbocycles. The number of hydrogen-bond donors (Lipinski definition) is 1. The largest absolute Gasteiger partial charge is 0.322 e. The van der Waals surface area contributed by atoms with Crippen LogP contribution in [0.15, 0.2) is 61.1 Å². The highest BCUT2D eigenvalue weighted by molar-refractivity contribution is 5.61. The minimum atomic E-state index is -0.589. The van der Waals surface area contributed by atoms with Gasteiger partial charge >= 0.3 is 0 Å². The Labute approximate surface area is 132 Å². The van der Waals surface area contributed by atoms with Crippen LogP contribution in [0, 0.1) is 11.6 Å². The fourth-order valence-electron chi connectivity index (χ4n) is 2.39. The van der Waals surface area contributed by atoms with Gasteiger partial charge in [-0.1, -0.05) is 12.1 Å². The van der Waals surface area contributed by atoms with E-state index in [1.165, 1.54) is 18.2 Å². The van der Waals surface area contributed by atoms with Crippen LogP contribution < -0.4 is 5.73 Å². The highest BCUT2D eigenvalue weighted by atomic mass is 19.1. The Balaban J connectivity index is 1.79. The van der Waals surface area contributed by atoms with Crippen LogP contribution in [-0.2, 0) is 6.42 Å². The van der Waals surface area contributed by atoms with Gasteiger partial charge in [-0.15, -0.1) is 0 Å². The van der Waals surface area contributed by atoms with E-state index >= 15 is 0 Å². The van der Waals surface area contributed by atoms with E-state index in [9.17, 15) is 8.78 Å². The van der Waals surface area contributed by atoms with Gasteiger partial charge in [0.15, 0.2) is 0 Å². The van der Waals surface area contributed by atoms with Crippen molar-refractivity contribution in [3.05, 3.63) is 83.9 Å². The molecular weight excluding hydrogens is 296 g/mol. The van der Waals surface area contributed by atoms with Crippen LogP contribution >= 0.6 is 0 Å². The highest BCUT2D eigenvalue weighted by Gasteiger charge is 2.15. The van der Waals surface area contributed by atoms with Gasteiger partial charge in [-0.2, -0.15) is 0 Å². The Bertz CT molecular complexity index is 769. The van der Waals surface area contributed by atoms with Crippen LogP contribution in [0.2, 0.25) is 0 Å². The third-order valence-electron chi connectivity index (χ3n) is 3.67. The van der Waals surface area contributed by atoms with E-state index in [1.807, 2.05) is 18.2 Å². The molecule has 3 aromatic rings. The Morgan fingerprint density at radius 3 is 2.22 bits per heavy atom. The van der Waals surface area contributed by atoms with E-state index in [-0.39, 0.29) is 12.0 Å². The third-order valence-corrected chi connectivity index (χ3v) is 3.67. The maximum Gasteiger partial charge on any atom is 0.129 e. The molecule has 0 saturated heterocycles. The first kappa shape index (κ1) is 15.2. The van der Waals surface area contributed by atoms with Gasteiger partial charge in [-0.25, -0.2) is 8.78 Å². The van der Waals surface area contributed by atoms with Crippen molar-refractivity contribution in [2.45, 2.75) is 12.5 Å². The number of benzene rings is 1. The zero-order valence-corrected chi connectivity index (χ0v) is 12.3. The summed E-state index contributed by atoms with van der Waals surface area (Å²) >= 11 is 0. The van der Waals surface area contributed by atoms with Gasteiger partial charge in [-0.3, -0.25) is 9.97 Å². The highest BCUT2D eigenvalue weighted by Crippen LogP contribution is 2.22. The minimum absolute atomic E-state index is 0.0139. The maximum atomic E-state index is 13.7. The summed E-state index contributed by atoms with van der Waals surface area (Å²) in [4.78, 5) is 8.29. The number of halogens is 2. The number of nitrogens with zero attached hydrogens (tertiary/aromatic N) is 2. The molecule has 1 unspecified atom stereocenters. The maximum absolute atomic E-state index is 13.7. The summed E-state index contributed by atoms with van der Waals surface area (Å²) in [6.45, 7) is 0. The zero-order chi connectivity index (χ0) is 16.2. The van der Waals surface area contributed by atoms with Crippen molar-refractivity contribution in [2.24, 2.45) is 5.73 Å². The molecule has 3 nitrogen and oxygen atoms in total. The zero-order valence-electron chi connectivity index (χ0n) is 12.3. The van der Waals surface area contributed by atoms with Gasteiger partial charge in [0.1, 0.15) is 11.6 Å². The SMILES string of the molecule is NC(Cc1c(F)cccc1F)c1ccc(-c2ccncc2)cn1. The number of hydrogen-bond acceptors (Lipinski definition) is 3. The van der Waals surface area contributed by atoms with Crippen molar-refractivity contribution in [1.29, 1.82) is 0 Å². The van der Waals surface area contributed by atoms with Crippen LogP contribution in [0.5, 0.6) is 0 Å². The van der Waals surface area contributed by atoms with Crippen molar-refractivity contribution in [3.8, 4) is 11.1 Å². The lowest BCUT2D eigenvalue weighted by Gasteiger charge is -2.13. The van der Waals surface area contributed by atoms with E-state index < -0.39 is 17.7 Å². The van der Waals surface area contributed by atoms with Gasteiger partial charge in [0.05, 0.1) is 11.7 Å². The molecule has 0 aliphatic heterocycles. The molecule has 116 valence electrons. The molecule has 3 rings (SSSR count). The predicted octanol–water partition coefficient (Wildman–Crippen LogP) is 3.66. The Morgan fingerprint density at radius 1 is 0.913 bits per heavy atom. The quantitative estimate of drug-likeness (QED) is 0.800. The van der Waals surface area contributed by atoms with Crippen molar-refractivity contribution in [1.82, 2.24) is 9.97 Å². The monoisotopic (exact) mass is 311 g/mol. The van der Waals surface area contributed by atoms with Crippen LogP contribution in [0.3, 0.4) is 0 Å². The molecule has 2 N–H and O–H groups in total. The predicted molar refractivity (Wildman–Crippen MR) is 84.5 cm³/mol. The fraction of sp³-hybridized carbons (Fsp3) is 0.111. The molecule has 23 heavy (non-hydrogen) atoms. The molecule has 0 saturated carbocycles.